The molecule has 2 aromatic rings. The Labute approximate surface area is 118 Å². The average Bonchev–Trinajstić information content (AvgIpc) is 2.50. The van der Waals surface area contributed by atoms with Crippen LogP contribution in [-0.2, 0) is 0 Å². The van der Waals surface area contributed by atoms with E-state index in [1.54, 1.807) is 0 Å². The van der Waals surface area contributed by atoms with Crippen LogP contribution in [-0.4, -0.2) is 0 Å². The molecule has 1 aliphatic carbocycles. The van der Waals surface area contributed by atoms with Gasteiger partial charge in [0.05, 0.1) is 0 Å². The Morgan fingerprint density at radius 2 is 1.47 bits per heavy atom. The van der Waals surface area contributed by atoms with Crippen LogP contribution in [0.1, 0.15) is 18.4 Å². The maximum Gasteiger partial charge on any atom is 0.0157 e. The van der Waals surface area contributed by atoms with E-state index in [0.29, 0.717) is 0 Å². The van der Waals surface area contributed by atoms with Gasteiger partial charge in [0.25, 0.3) is 0 Å². The first kappa shape index (κ1) is 12.3. The first-order valence-electron chi connectivity index (χ1n) is 6.61. The van der Waals surface area contributed by atoms with Gasteiger partial charge in [-0.05, 0) is 36.1 Å². The Kier molecular flexibility index (Phi) is 3.85. The molecule has 0 saturated heterocycles. The highest BCUT2D eigenvalue weighted by atomic mass is 32.2. The third-order valence-corrected chi connectivity index (χ3v) is 4.33. The number of thioether (sulfide) groups is 1. The van der Waals surface area contributed by atoms with Crippen molar-refractivity contribution in [2.45, 2.75) is 17.7 Å². The molecule has 3 rings (SSSR count). The SMILES string of the molecule is C1=CC(Sc2ccccc2)=C(c2ccccc2)CC1. The fourth-order valence-corrected chi connectivity index (χ4v) is 3.33. The van der Waals surface area contributed by atoms with E-state index in [4.69, 9.17) is 0 Å². The van der Waals surface area contributed by atoms with E-state index in [-0.39, 0.29) is 0 Å². The minimum Gasteiger partial charge on any atom is -0.0898 e. The molecule has 0 aromatic heterocycles. The van der Waals surface area contributed by atoms with Crippen molar-refractivity contribution >= 4 is 17.3 Å². The summed E-state index contributed by atoms with van der Waals surface area (Å²) in [6.07, 6.45) is 6.82. The van der Waals surface area contributed by atoms with Crippen LogP contribution in [0.15, 0.2) is 82.6 Å². The van der Waals surface area contributed by atoms with Gasteiger partial charge in [0.2, 0.25) is 0 Å². The zero-order valence-corrected chi connectivity index (χ0v) is 11.6. The minimum absolute atomic E-state index is 1.13. The summed E-state index contributed by atoms with van der Waals surface area (Å²) in [5.74, 6) is 0. The Bertz CT molecular complexity index is 594. The summed E-state index contributed by atoms with van der Waals surface area (Å²) < 4.78 is 0. The van der Waals surface area contributed by atoms with Crippen molar-refractivity contribution in [2.24, 2.45) is 0 Å². The van der Waals surface area contributed by atoms with Gasteiger partial charge >= 0.3 is 0 Å². The molecule has 0 aliphatic heterocycles. The van der Waals surface area contributed by atoms with Crippen LogP contribution in [0.25, 0.3) is 5.57 Å². The molecule has 0 atom stereocenters. The molecule has 0 heterocycles. The molecule has 0 N–H and O–H groups in total. The number of allylic oxidation sites excluding steroid dienone is 3. The molecule has 0 spiro atoms. The van der Waals surface area contributed by atoms with E-state index in [9.17, 15) is 0 Å². The van der Waals surface area contributed by atoms with Crippen molar-refractivity contribution < 1.29 is 0 Å². The van der Waals surface area contributed by atoms with Gasteiger partial charge in [-0.2, -0.15) is 0 Å². The van der Waals surface area contributed by atoms with Crippen LogP contribution in [0, 0.1) is 0 Å². The highest BCUT2D eigenvalue weighted by Crippen LogP contribution is 2.38. The zero-order valence-electron chi connectivity index (χ0n) is 10.8. The van der Waals surface area contributed by atoms with Crippen molar-refractivity contribution in [2.75, 3.05) is 0 Å². The summed E-state index contributed by atoms with van der Waals surface area (Å²) in [5.41, 5.74) is 2.82. The summed E-state index contributed by atoms with van der Waals surface area (Å²) >= 11 is 1.86. The molecule has 0 amide bonds. The molecule has 94 valence electrons. The summed E-state index contributed by atoms with van der Waals surface area (Å²) in [6.45, 7) is 0. The van der Waals surface area contributed by atoms with E-state index in [1.165, 1.54) is 20.9 Å². The molecule has 0 radical (unpaired) electrons. The number of benzene rings is 2. The lowest BCUT2D eigenvalue weighted by Crippen LogP contribution is -1.92. The largest absolute Gasteiger partial charge is 0.0898 e. The lowest BCUT2D eigenvalue weighted by Gasteiger charge is -2.16. The van der Waals surface area contributed by atoms with Crippen LogP contribution < -0.4 is 0 Å². The lowest BCUT2D eigenvalue weighted by atomic mass is 9.97. The van der Waals surface area contributed by atoms with Gasteiger partial charge in [-0.1, -0.05) is 72.4 Å². The topological polar surface area (TPSA) is 0 Å². The Morgan fingerprint density at radius 1 is 0.789 bits per heavy atom. The number of rotatable bonds is 3. The lowest BCUT2D eigenvalue weighted by molar-refractivity contribution is 1.05. The standard InChI is InChI=1S/C18H16S/c1-3-9-15(10-4-1)17-13-7-8-14-18(17)19-16-11-5-2-6-12-16/h1-6,8-12,14H,7,13H2. The number of hydrogen-bond donors (Lipinski definition) is 0. The van der Waals surface area contributed by atoms with E-state index < -0.39 is 0 Å². The van der Waals surface area contributed by atoms with Crippen molar-refractivity contribution in [3.8, 4) is 0 Å². The molecule has 2 aromatic carbocycles. The highest BCUT2D eigenvalue weighted by molar-refractivity contribution is 8.03. The van der Waals surface area contributed by atoms with Gasteiger partial charge < -0.3 is 0 Å². The third-order valence-electron chi connectivity index (χ3n) is 3.22. The second-order valence-electron chi connectivity index (χ2n) is 4.56. The second kappa shape index (κ2) is 5.94. The van der Waals surface area contributed by atoms with Gasteiger partial charge in [0, 0.05) is 9.80 Å². The van der Waals surface area contributed by atoms with Gasteiger partial charge in [0.1, 0.15) is 0 Å². The summed E-state index contributed by atoms with van der Waals surface area (Å²) in [5, 5.41) is 0. The predicted octanol–water partition coefficient (Wildman–Crippen LogP) is 5.54. The average molecular weight is 264 g/mol. The summed E-state index contributed by atoms with van der Waals surface area (Å²) in [6, 6.07) is 21.3. The Morgan fingerprint density at radius 3 is 2.21 bits per heavy atom. The fourth-order valence-electron chi connectivity index (χ4n) is 2.28. The maximum absolute atomic E-state index is 2.28. The van der Waals surface area contributed by atoms with Crippen molar-refractivity contribution in [1.82, 2.24) is 0 Å². The molecule has 0 nitrogen and oxygen atoms in total. The predicted molar refractivity (Wildman–Crippen MR) is 84.0 cm³/mol. The van der Waals surface area contributed by atoms with Crippen molar-refractivity contribution in [3.05, 3.63) is 83.3 Å². The zero-order chi connectivity index (χ0) is 12.9. The van der Waals surface area contributed by atoms with Crippen molar-refractivity contribution in [1.29, 1.82) is 0 Å². The molecule has 1 aliphatic rings. The molecule has 0 unspecified atom stereocenters. The maximum atomic E-state index is 2.28. The van der Waals surface area contributed by atoms with E-state index in [1.807, 2.05) is 11.8 Å². The highest BCUT2D eigenvalue weighted by Gasteiger charge is 2.11. The quantitative estimate of drug-likeness (QED) is 0.701. The minimum atomic E-state index is 1.13. The van der Waals surface area contributed by atoms with Gasteiger partial charge in [-0.25, -0.2) is 0 Å². The molecule has 0 saturated carbocycles. The molecule has 0 fully saturated rings. The molecule has 0 bridgehead atoms. The first-order valence-corrected chi connectivity index (χ1v) is 7.43. The smallest absolute Gasteiger partial charge is 0.0157 e. The van der Waals surface area contributed by atoms with Gasteiger partial charge in [-0.15, -0.1) is 0 Å². The number of hydrogen-bond acceptors (Lipinski definition) is 1. The van der Waals surface area contributed by atoms with Gasteiger partial charge in [0.15, 0.2) is 0 Å². The summed E-state index contributed by atoms with van der Waals surface area (Å²) in [7, 11) is 0. The Hall–Kier alpha value is -1.73. The molecular formula is C18H16S. The Balaban J connectivity index is 1.96. The fraction of sp³-hybridized carbons (Fsp3) is 0.111. The molecule has 1 heteroatoms. The normalized spacial score (nSPS) is 14.7. The van der Waals surface area contributed by atoms with Gasteiger partial charge in [-0.3, -0.25) is 0 Å². The van der Waals surface area contributed by atoms with E-state index in [0.717, 1.165) is 12.8 Å². The van der Waals surface area contributed by atoms with Crippen LogP contribution in [0.2, 0.25) is 0 Å². The van der Waals surface area contributed by atoms with E-state index in [2.05, 4.69) is 72.8 Å². The molecular weight excluding hydrogens is 248 g/mol. The van der Waals surface area contributed by atoms with Crippen molar-refractivity contribution in [3.63, 3.8) is 0 Å². The van der Waals surface area contributed by atoms with E-state index >= 15 is 0 Å². The third kappa shape index (κ3) is 2.99. The van der Waals surface area contributed by atoms with Crippen LogP contribution in [0.4, 0.5) is 0 Å². The molecule has 19 heavy (non-hydrogen) atoms. The summed E-state index contributed by atoms with van der Waals surface area (Å²) in [4.78, 5) is 2.68. The first-order chi connectivity index (χ1) is 9.43. The van der Waals surface area contributed by atoms with Crippen LogP contribution in [0.5, 0.6) is 0 Å². The second-order valence-corrected chi connectivity index (χ2v) is 5.68. The van der Waals surface area contributed by atoms with Crippen LogP contribution in [0.3, 0.4) is 0 Å². The monoisotopic (exact) mass is 264 g/mol. The van der Waals surface area contributed by atoms with Crippen LogP contribution >= 0.6 is 11.8 Å².